The predicted molar refractivity (Wildman–Crippen MR) is 120 cm³/mol. The molecular formula is C21H19N7O4S. The molecule has 0 spiro atoms. The number of nitrogen functional groups attached to an aromatic ring is 1. The topological polar surface area (TPSA) is 143 Å². The number of fused-ring (bicyclic) bond motifs is 1. The van der Waals surface area contributed by atoms with E-state index >= 15 is 0 Å². The van der Waals surface area contributed by atoms with Crippen molar-refractivity contribution in [3.05, 3.63) is 60.2 Å². The smallest absolute Gasteiger partial charge is 0.277 e. The van der Waals surface area contributed by atoms with E-state index in [1.807, 2.05) is 48.5 Å². The summed E-state index contributed by atoms with van der Waals surface area (Å²) in [7, 11) is 1.59. The molecule has 0 saturated carbocycles. The van der Waals surface area contributed by atoms with Crippen LogP contribution in [0.1, 0.15) is 17.8 Å². The summed E-state index contributed by atoms with van der Waals surface area (Å²) >= 11 is 1.28. The molecule has 11 nitrogen and oxygen atoms in total. The fourth-order valence-electron chi connectivity index (χ4n) is 3.10. The number of nitrogens with zero attached hydrogens (tertiary/aromatic N) is 5. The van der Waals surface area contributed by atoms with Crippen molar-refractivity contribution in [3.63, 3.8) is 0 Å². The molecule has 4 aromatic rings. The van der Waals surface area contributed by atoms with Crippen molar-refractivity contribution in [1.29, 1.82) is 0 Å². The van der Waals surface area contributed by atoms with E-state index in [0.29, 0.717) is 51.6 Å². The lowest BCUT2D eigenvalue weighted by molar-refractivity contribution is 0.0686. The number of rotatable bonds is 7. The van der Waals surface area contributed by atoms with Gasteiger partial charge in [0.15, 0.2) is 11.5 Å². The predicted octanol–water partition coefficient (Wildman–Crippen LogP) is 3.39. The summed E-state index contributed by atoms with van der Waals surface area (Å²) < 4.78 is 22.7. The van der Waals surface area contributed by atoms with Crippen LogP contribution in [0.15, 0.2) is 58.2 Å². The zero-order valence-corrected chi connectivity index (χ0v) is 18.3. The van der Waals surface area contributed by atoms with Gasteiger partial charge in [0.25, 0.3) is 11.1 Å². The number of thioether (sulfide) groups is 1. The number of anilines is 3. The van der Waals surface area contributed by atoms with Gasteiger partial charge < -0.3 is 29.7 Å². The number of hydrogen-bond acceptors (Lipinski definition) is 12. The second-order valence-electron chi connectivity index (χ2n) is 6.82. The molecule has 5 rings (SSSR count). The Bertz CT molecular complexity index is 1270. The molecule has 1 aliphatic rings. The Balaban J connectivity index is 1.24. The summed E-state index contributed by atoms with van der Waals surface area (Å²) in [6, 6.07) is 14.9. The van der Waals surface area contributed by atoms with E-state index < -0.39 is 6.10 Å². The average Bonchev–Trinajstić information content (AvgIpc) is 3.32. The molecule has 0 aliphatic carbocycles. The number of nitrogens with two attached hydrogens (primary N) is 1. The summed E-state index contributed by atoms with van der Waals surface area (Å²) in [6.45, 7) is 0.283. The molecule has 3 heterocycles. The third-order valence-electron chi connectivity index (χ3n) is 4.58. The quantitative estimate of drug-likeness (QED) is 0.386. The van der Waals surface area contributed by atoms with Crippen molar-refractivity contribution in [2.45, 2.75) is 17.1 Å². The van der Waals surface area contributed by atoms with Gasteiger partial charge in [-0.25, -0.2) is 0 Å². The Morgan fingerprint density at radius 2 is 1.88 bits per heavy atom. The Hall–Kier alpha value is -4.06. The highest BCUT2D eigenvalue weighted by atomic mass is 32.2. The second kappa shape index (κ2) is 9.20. The SMILES string of the molecule is COc1ccccc1Nc1nc(N)nc(CSc2nnc(C3COc4ccccc4O3)o2)n1. The van der Waals surface area contributed by atoms with Crippen molar-refractivity contribution < 1.29 is 18.6 Å². The molecule has 1 aliphatic heterocycles. The molecule has 168 valence electrons. The highest BCUT2D eigenvalue weighted by Gasteiger charge is 2.27. The van der Waals surface area contributed by atoms with Crippen LogP contribution in [-0.2, 0) is 5.75 Å². The summed E-state index contributed by atoms with van der Waals surface area (Å²) in [5.74, 6) is 3.51. The first kappa shape index (κ1) is 20.8. The maximum atomic E-state index is 5.90. The Morgan fingerprint density at radius 1 is 1.06 bits per heavy atom. The van der Waals surface area contributed by atoms with Gasteiger partial charge in [-0.3, -0.25) is 0 Å². The minimum atomic E-state index is -0.480. The standard InChI is InChI=1S/C21H19N7O4S/c1-29-13-7-3-2-6-12(13)23-20-25-17(24-19(22)26-20)11-33-21-28-27-18(32-21)16-10-30-14-8-4-5-9-15(14)31-16/h2-9,16H,10-11H2,1H3,(H3,22,23,24,25,26). The van der Waals surface area contributed by atoms with Gasteiger partial charge in [0.1, 0.15) is 18.2 Å². The molecule has 3 N–H and O–H groups in total. The maximum Gasteiger partial charge on any atom is 0.277 e. The van der Waals surface area contributed by atoms with Crippen LogP contribution in [0.5, 0.6) is 17.2 Å². The van der Waals surface area contributed by atoms with Gasteiger partial charge in [0.2, 0.25) is 18.0 Å². The minimum absolute atomic E-state index is 0.0932. The van der Waals surface area contributed by atoms with Gasteiger partial charge in [-0.05, 0) is 24.3 Å². The van der Waals surface area contributed by atoms with Crippen molar-refractivity contribution in [2.75, 3.05) is 24.8 Å². The number of methoxy groups -OCH3 is 1. The lowest BCUT2D eigenvalue weighted by Crippen LogP contribution is -2.21. The molecule has 0 fully saturated rings. The lowest BCUT2D eigenvalue weighted by atomic mass is 10.2. The molecule has 33 heavy (non-hydrogen) atoms. The van der Waals surface area contributed by atoms with Gasteiger partial charge in [-0.2, -0.15) is 15.0 Å². The van der Waals surface area contributed by atoms with E-state index in [2.05, 4.69) is 30.5 Å². The van der Waals surface area contributed by atoms with Crippen LogP contribution in [0, 0.1) is 0 Å². The fourth-order valence-corrected chi connectivity index (χ4v) is 3.73. The first-order valence-corrected chi connectivity index (χ1v) is 10.9. The molecule has 0 amide bonds. The molecule has 0 bridgehead atoms. The van der Waals surface area contributed by atoms with Crippen LogP contribution in [0.3, 0.4) is 0 Å². The van der Waals surface area contributed by atoms with Crippen molar-refractivity contribution in [1.82, 2.24) is 25.1 Å². The van der Waals surface area contributed by atoms with Crippen LogP contribution in [0.25, 0.3) is 0 Å². The van der Waals surface area contributed by atoms with Crippen LogP contribution < -0.4 is 25.3 Å². The van der Waals surface area contributed by atoms with E-state index in [1.54, 1.807) is 7.11 Å². The van der Waals surface area contributed by atoms with E-state index in [4.69, 9.17) is 24.4 Å². The number of hydrogen-bond donors (Lipinski definition) is 2. The summed E-state index contributed by atoms with van der Waals surface area (Å²) in [4.78, 5) is 12.7. The van der Waals surface area contributed by atoms with Crippen LogP contribution in [0.2, 0.25) is 0 Å². The monoisotopic (exact) mass is 465 g/mol. The second-order valence-corrected chi connectivity index (χ2v) is 7.74. The molecule has 1 atom stereocenters. The molecule has 2 aromatic carbocycles. The summed E-state index contributed by atoms with van der Waals surface area (Å²) in [6.07, 6.45) is -0.480. The van der Waals surface area contributed by atoms with E-state index in [1.165, 1.54) is 11.8 Å². The molecule has 0 saturated heterocycles. The molecular weight excluding hydrogens is 446 g/mol. The first-order valence-electron chi connectivity index (χ1n) is 9.93. The first-order chi connectivity index (χ1) is 16.2. The number of ether oxygens (including phenoxy) is 3. The number of benzene rings is 2. The minimum Gasteiger partial charge on any atom is -0.495 e. The third-order valence-corrected chi connectivity index (χ3v) is 5.40. The summed E-state index contributed by atoms with van der Waals surface area (Å²) in [5, 5.41) is 11.6. The molecule has 1 unspecified atom stereocenters. The molecule has 0 radical (unpaired) electrons. The number of nitrogens with one attached hydrogen (secondary N) is 1. The lowest BCUT2D eigenvalue weighted by Gasteiger charge is -2.23. The van der Waals surface area contributed by atoms with Crippen molar-refractivity contribution in [2.24, 2.45) is 0 Å². The largest absolute Gasteiger partial charge is 0.495 e. The highest BCUT2D eigenvalue weighted by molar-refractivity contribution is 7.98. The zero-order valence-electron chi connectivity index (χ0n) is 17.5. The van der Waals surface area contributed by atoms with Gasteiger partial charge in [-0.15, -0.1) is 10.2 Å². The number of aromatic nitrogens is 5. The van der Waals surface area contributed by atoms with Gasteiger partial charge in [0, 0.05) is 0 Å². The average molecular weight is 465 g/mol. The Labute approximate surface area is 192 Å². The van der Waals surface area contributed by atoms with Crippen LogP contribution in [0.4, 0.5) is 17.6 Å². The fraction of sp³-hybridized carbons (Fsp3) is 0.190. The normalized spacial score (nSPS) is 14.6. The Kier molecular flexibility index (Phi) is 5.81. The van der Waals surface area contributed by atoms with E-state index in [0.717, 1.165) is 0 Å². The van der Waals surface area contributed by atoms with Crippen LogP contribution >= 0.6 is 11.8 Å². The molecule has 12 heteroatoms. The number of para-hydroxylation sites is 4. The van der Waals surface area contributed by atoms with Crippen molar-refractivity contribution in [3.8, 4) is 17.2 Å². The molecule has 2 aromatic heterocycles. The van der Waals surface area contributed by atoms with Gasteiger partial charge in [-0.1, -0.05) is 36.0 Å². The van der Waals surface area contributed by atoms with E-state index in [9.17, 15) is 0 Å². The van der Waals surface area contributed by atoms with Crippen LogP contribution in [-0.4, -0.2) is 38.9 Å². The van der Waals surface area contributed by atoms with E-state index in [-0.39, 0.29) is 12.6 Å². The third kappa shape index (κ3) is 4.75. The van der Waals surface area contributed by atoms with Gasteiger partial charge in [0.05, 0.1) is 18.6 Å². The maximum absolute atomic E-state index is 5.90. The highest BCUT2D eigenvalue weighted by Crippen LogP contribution is 2.36. The summed E-state index contributed by atoms with van der Waals surface area (Å²) in [5.41, 5.74) is 6.58. The zero-order chi connectivity index (χ0) is 22.6. The van der Waals surface area contributed by atoms with Gasteiger partial charge >= 0.3 is 0 Å². The van der Waals surface area contributed by atoms with Crippen molar-refractivity contribution >= 4 is 29.3 Å². The Morgan fingerprint density at radius 3 is 2.76 bits per heavy atom.